The number of nitrogens with zero attached hydrogens (tertiary/aromatic N) is 1. The van der Waals surface area contributed by atoms with Crippen molar-refractivity contribution in [2.45, 2.75) is 25.7 Å². The lowest BCUT2D eigenvalue weighted by atomic mass is 9.84. The predicted molar refractivity (Wildman–Crippen MR) is 113 cm³/mol. The summed E-state index contributed by atoms with van der Waals surface area (Å²) in [5.41, 5.74) is 4.59. The third-order valence-corrected chi connectivity index (χ3v) is 5.42. The first-order valence-corrected chi connectivity index (χ1v) is 9.78. The van der Waals surface area contributed by atoms with E-state index in [2.05, 4.69) is 11.0 Å². The second-order valence-electron chi connectivity index (χ2n) is 7.11. The van der Waals surface area contributed by atoms with E-state index in [0.29, 0.717) is 6.42 Å². The lowest BCUT2D eigenvalue weighted by Crippen LogP contribution is -2.30. The highest BCUT2D eigenvalue weighted by atomic mass is 16.1. The van der Waals surface area contributed by atoms with Gasteiger partial charge in [-0.3, -0.25) is 9.59 Å². The highest BCUT2D eigenvalue weighted by Gasteiger charge is 2.31. The van der Waals surface area contributed by atoms with Crippen molar-refractivity contribution in [1.29, 1.82) is 0 Å². The lowest BCUT2D eigenvalue weighted by Gasteiger charge is -2.35. The second-order valence-corrected chi connectivity index (χ2v) is 7.11. The van der Waals surface area contributed by atoms with Crippen molar-refractivity contribution < 1.29 is 9.59 Å². The van der Waals surface area contributed by atoms with E-state index in [1.54, 1.807) is 0 Å². The number of carbonyl (C=O) groups excluding carboxylic acids is 2. The van der Waals surface area contributed by atoms with Crippen molar-refractivity contribution in [3.63, 3.8) is 0 Å². The highest BCUT2D eigenvalue weighted by Crippen LogP contribution is 2.40. The Morgan fingerprint density at radius 2 is 1.61 bits per heavy atom. The van der Waals surface area contributed by atoms with E-state index in [1.807, 2.05) is 79.7 Å². The van der Waals surface area contributed by atoms with E-state index in [1.165, 1.54) is 0 Å². The molecule has 0 N–H and O–H groups in total. The van der Waals surface area contributed by atoms with E-state index >= 15 is 0 Å². The topological polar surface area (TPSA) is 37.4 Å². The molecule has 0 radical (unpaired) electrons. The van der Waals surface area contributed by atoms with Crippen molar-refractivity contribution in [1.82, 2.24) is 0 Å². The number of benzene rings is 3. The van der Waals surface area contributed by atoms with E-state index in [0.717, 1.165) is 41.0 Å². The molecule has 1 unspecified atom stereocenters. The van der Waals surface area contributed by atoms with E-state index in [4.69, 9.17) is 0 Å². The minimum atomic E-state index is -0.143. The van der Waals surface area contributed by atoms with Gasteiger partial charge in [0.1, 0.15) is 0 Å². The molecule has 0 saturated heterocycles. The van der Waals surface area contributed by atoms with Crippen molar-refractivity contribution in [2.24, 2.45) is 0 Å². The number of fused-ring (bicyclic) bond motifs is 1. The van der Waals surface area contributed by atoms with Gasteiger partial charge in [-0.05, 0) is 30.2 Å². The van der Waals surface area contributed by atoms with Gasteiger partial charge in [0.2, 0.25) is 0 Å². The third-order valence-electron chi connectivity index (χ3n) is 5.42. The van der Waals surface area contributed by atoms with Crippen LogP contribution in [0.15, 0.2) is 78.9 Å². The number of hydrogen-bond donors (Lipinski definition) is 0. The first-order valence-electron chi connectivity index (χ1n) is 9.78. The third kappa shape index (κ3) is 3.36. The zero-order valence-electron chi connectivity index (χ0n) is 16.0. The number of rotatable bonds is 5. The highest BCUT2D eigenvalue weighted by molar-refractivity contribution is 6.02. The van der Waals surface area contributed by atoms with Gasteiger partial charge in [-0.15, -0.1) is 0 Å². The van der Waals surface area contributed by atoms with Crippen molar-refractivity contribution >= 4 is 22.9 Å². The Morgan fingerprint density at radius 3 is 2.39 bits per heavy atom. The van der Waals surface area contributed by atoms with Gasteiger partial charge >= 0.3 is 0 Å². The molecule has 1 aliphatic rings. The fourth-order valence-electron chi connectivity index (χ4n) is 3.96. The summed E-state index contributed by atoms with van der Waals surface area (Å²) in [5, 5.41) is 0. The lowest BCUT2D eigenvalue weighted by molar-refractivity contribution is 0.0953. The number of Topliss-reactive ketones (excluding diaryl/α,β-unsaturated/α-hetero) is 2. The van der Waals surface area contributed by atoms with Crippen LogP contribution in [0.1, 0.15) is 52.0 Å². The van der Waals surface area contributed by atoms with Crippen molar-refractivity contribution in [3.05, 3.63) is 95.6 Å². The van der Waals surface area contributed by atoms with Gasteiger partial charge in [-0.25, -0.2) is 0 Å². The number of hydrogen-bond acceptors (Lipinski definition) is 3. The molecule has 4 rings (SSSR count). The normalized spacial score (nSPS) is 15.8. The molecule has 0 spiro atoms. The average Bonchev–Trinajstić information content (AvgIpc) is 2.78. The number of para-hydroxylation sites is 1. The van der Waals surface area contributed by atoms with Gasteiger partial charge in [0.05, 0.1) is 5.92 Å². The van der Waals surface area contributed by atoms with Crippen LogP contribution in [0.3, 0.4) is 0 Å². The summed E-state index contributed by atoms with van der Waals surface area (Å²) < 4.78 is 0. The maximum atomic E-state index is 13.1. The Hall–Kier alpha value is -3.20. The fourth-order valence-corrected chi connectivity index (χ4v) is 3.96. The largest absolute Gasteiger partial charge is 0.341 e. The van der Waals surface area contributed by atoms with E-state index in [-0.39, 0.29) is 17.5 Å². The Morgan fingerprint density at radius 1 is 0.893 bits per heavy atom. The Kier molecular flexibility index (Phi) is 5.07. The summed E-state index contributed by atoms with van der Waals surface area (Å²) in [6.07, 6.45) is 1.24. The van der Waals surface area contributed by atoms with Crippen LogP contribution >= 0.6 is 0 Å². The summed E-state index contributed by atoms with van der Waals surface area (Å²) in [6.45, 7) is 2.62. The predicted octanol–water partition coefficient (Wildman–Crippen LogP) is 5.79. The summed E-state index contributed by atoms with van der Waals surface area (Å²) >= 11 is 0. The SMILES string of the molecule is CCC(=O)c1cccc(N2CCC(C(=O)c3ccccc3)c3ccccc32)c1. The molecule has 1 atom stereocenters. The van der Waals surface area contributed by atoms with Crippen LogP contribution in [0.4, 0.5) is 11.4 Å². The minimum absolute atomic E-state index is 0.143. The zero-order valence-corrected chi connectivity index (χ0v) is 16.0. The van der Waals surface area contributed by atoms with Gasteiger partial charge in [0.25, 0.3) is 0 Å². The standard InChI is InChI=1S/C25H23NO2/c1-2-24(27)19-11-8-12-20(17-19)26-16-15-22(21-13-6-7-14-23(21)26)25(28)18-9-4-3-5-10-18/h3-14,17,22H,2,15-16H2,1H3. The molecule has 1 heterocycles. The first-order chi connectivity index (χ1) is 13.7. The first kappa shape index (κ1) is 18.2. The second kappa shape index (κ2) is 7.81. The Bertz CT molecular complexity index is 1010. The molecule has 0 amide bonds. The van der Waals surface area contributed by atoms with Gasteiger partial charge < -0.3 is 4.90 Å². The molecule has 1 aliphatic heterocycles. The Balaban J connectivity index is 1.71. The van der Waals surface area contributed by atoms with Crippen LogP contribution in [-0.4, -0.2) is 18.1 Å². The molecule has 28 heavy (non-hydrogen) atoms. The van der Waals surface area contributed by atoms with Gasteiger partial charge in [-0.2, -0.15) is 0 Å². The van der Waals surface area contributed by atoms with Crippen LogP contribution in [0.5, 0.6) is 0 Å². The molecule has 3 aromatic carbocycles. The monoisotopic (exact) mass is 369 g/mol. The van der Waals surface area contributed by atoms with Gasteiger partial charge in [0, 0.05) is 35.5 Å². The minimum Gasteiger partial charge on any atom is -0.341 e. The maximum Gasteiger partial charge on any atom is 0.170 e. The summed E-state index contributed by atoms with van der Waals surface area (Å²) in [5.74, 6) is 0.169. The molecule has 0 fully saturated rings. The molecule has 0 aliphatic carbocycles. The van der Waals surface area contributed by atoms with Gasteiger partial charge in [-0.1, -0.05) is 67.6 Å². The molecular formula is C25H23NO2. The van der Waals surface area contributed by atoms with Crippen LogP contribution in [0.25, 0.3) is 0 Å². The molecule has 3 aromatic rings. The van der Waals surface area contributed by atoms with E-state index in [9.17, 15) is 9.59 Å². The quantitative estimate of drug-likeness (QED) is 0.534. The summed E-state index contributed by atoms with van der Waals surface area (Å²) in [6, 6.07) is 25.4. The average molecular weight is 369 g/mol. The summed E-state index contributed by atoms with van der Waals surface area (Å²) in [7, 11) is 0. The van der Waals surface area contributed by atoms with Gasteiger partial charge in [0.15, 0.2) is 11.6 Å². The Labute approximate surface area is 165 Å². The van der Waals surface area contributed by atoms with Crippen LogP contribution in [-0.2, 0) is 0 Å². The van der Waals surface area contributed by atoms with Crippen LogP contribution < -0.4 is 4.90 Å². The number of anilines is 2. The molecule has 3 heteroatoms. The zero-order chi connectivity index (χ0) is 19.5. The van der Waals surface area contributed by atoms with E-state index < -0.39 is 0 Å². The molecule has 0 saturated carbocycles. The smallest absolute Gasteiger partial charge is 0.170 e. The maximum absolute atomic E-state index is 13.1. The molecule has 0 aromatic heterocycles. The molecule has 3 nitrogen and oxygen atoms in total. The van der Waals surface area contributed by atoms with Crippen LogP contribution in [0.2, 0.25) is 0 Å². The van der Waals surface area contributed by atoms with Crippen molar-refractivity contribution in [2.75, 3.05) is 11.4 Å². The molecular weight excluding hydrogens is 346 g/mol. The van der Waals surface area contributed by atoms with Crippen LogP contribution in [0, 0.1) is 0 Å². The molecule has 0 bridgehead atoms. The summed E-state index contributed by atoms with van der Waals surface area (Å²) in [4.78, 5) is 27.5. The number of carbonyl (C=O) groups is 2. The number of ketones is 2. The fraction of sp³-hybridized carbons (Fsp3) is 0.200. The molecule has 140 valence electrons. The van der Waals surface area contributed by atoms with Crippen molar-refractivity contribution in [3.8, 4) is 0 Å².